The maximum absolute atomic E-state index is 3.60. The van der Waals surface area contributed by atoms with Gasteiger partial charge in [-0.3, -0.25) is 0 Å². The first-order valence-electron chi connectivity index (χ1n) is 3.15. The van der Waals surface area contributed by atoms with E-state index in [0.717, 1.165) is 6.54 Å². The molecule has 2 heteroatoms. The average molecular weight is 127 g/mol. The summed E-state index contributed by atoms with van der Waals surface area (Å²) in [4.78, 5) is 1.91. The Morgan fingerprint density at radius 1 is 1.67 bits per heavy atom. The van der Waals surface area contributed by atoms with Gasteiger partial charge in [0, 0.05) is 7.05 Å². The molecule has 0 rings (SSSR count). The molecule has 0 aliphatic heterocycles. The molecule has 0 aliphatic carbocycles. The Bertz CT molecular complexity index is 97.1. The average Bonchev–Trinajstić information content (AvgIpc) is 1.89. The van der Waals surface area contributed by atoms with Crippen molar-refractivity contribution in [2.45, 2.75) is 6.92 Å². The van der Waals surface area contributed by atoms with E-state index in [2.05, 4.69) is 18.8 Å². The fraction of sp³-hybridized carbons (Fsp3) is 0.429. The standard InChI is InChI=1S/C7H14N2/c1-4-8-6-7-9(3)5-2/h5-8H,2,4H2,1,3H3/p+1/b7-6-. The Labute approximate surface area is 56.9 Å². The summed E-state index contributed by atoms with van der Waals surface area (Å²) in [7, 11) is 1.95. The molecule has 0 fully saturated rings. The number of quaternary nitrogens is 1. The molecule has 0 aromatic carbocycles. The molecule has 0 saturated heterocycles. The van der Waals surface area contributed by atoms with Gasteiger partial charge in [-0.2, -0.15) is 0 Å². The lowest BCUT2D eigenvalue weighted by molar-refractivity contribution is -0.584. The molecule has 0 aliphatic rings. The summed E-state index contributed by atoms with van der Waals surface area (Å²) in [6.07, 6.45) is 5.75. The third-order valence-corrected chi connectivity index (χ3v) is 0.981. The van der Waals surface area contributed by atoms with Crippen LogP contribution in [-0.4, -0.2) is 18.5 Å². The maximum Gasteiger partial charge on any atom is 0.109 e. The van der Waals surface area contributed by atoms with E-state index in [0.29, 0.717) is 0 Å². The van der Waals surface area contributed by atoms with Gasteiger partial charge in [-0.15, -0.1) is 0 Å². The fourth-order valence-electron chi connectivity index (χ4n) is 0.394. The van der Waals surface area contributed by atoms with Gasteiger partial charge in [-0.25, -0.2) is 0 Å². The van der Waals surface area contributed by atoms with Crippen LogP contribution in [0.4, 0.5) is 0 Å². The SMILES string of the molecule is C=CN(C)/C=C\[NH2+]CC. The van der Waals surface area contributed by atoms with E-state index in [9.17, 15) is 0 Å². The highest BCUT2D eigenvalue weighted by atomic mass is 15.1. The first kappa shape index (κ1) is 8.24. The molecule has 0 aromatic rings. The topological polar surface area (TPSA) is 19.9 Å². The molecule has 0 bridgehead atoms. The Balaban J connectivity index is 3.31. The summed E-state index contributed by atoms with van der Waals surface area (Å²) in [5, 5.41) is 2.10. The van der Waals surface area contributed by atoms with E-state index in [1.165, 1.54) is 0 Å². The van der Waals surface area contributed by atoms with Crippen molar-refractivity contribution in [3.63, 3.8) is 0 Å². The predicted molar refractivity (Wildman–Crippen MR) is 39.6 cm³/mol. The minimum atomic E-state index is 1.08. The second-order valence-electron chi connectivity index (χ2n) is 1.83. The molecule has 2 nitrogen and oxygen atoms in total. The van der Waals surface area contributed by atoms with Crippen LogP contribution in [0.5, 0.6) is 0 Å². The third-order valence-electron chi connectivity index (χ3n) is 0.981. The highest BCUT2D eigenvalue weighted by molar-refractivity contribution is 4.78. The van der Waals surface area contributed by atoms with Crippen molar-refractivity contribution in [3.8, 4) is 0 Å². The normalized spacial score (nSPS) is 10.0. The number of hydrogen-bond acceptors (Lipinski definition) is 1. The molecule has 0 saturated carbocycles. The monoisotopic (exact) mass is 127 g/mol. The zero-order chi connectivity index (χ0) is 7.11. The molecule has 0 aromatic heterocycles. The zero-order valence-corrected chi connectivity index (χ0v) is 6.17. The number of rotatable bonds is 4. The molecular weight excluding hydrogens is 112 g/mol. The predicted octanol–water partition coefficient (Wildman–Crippen LogP) is 0.116. The van der Waals surface area contributed by atoms with Crippen molar-refractivity contribution >= 4 is 0 Å². The maximum atomic E-state index is 3.60. The van der Waals surface area contributed by atoms with Gasteiger partial charge in [0.15, 0.2) is 0 Å². The van der Waals surface area contributed by atoms with Crippen molar-refractivity contribution in [2.75, 3.05) is 13.6 Å². The van der Waals surface area contributed by atoms with Crippen LogP contribution in [0.3, 0.4) is 0 Å². The van der Waals surface area contributed by atoms with Crippen LogP contribution < -0.4 is 5.32 Å². The van der Waals surface area contributed by atoms with Crippen molar-refractivity contribution in [3.05, 3.63) is 25.2 Å². The molecule has 0 radical (unpaired) electrons. The van der Waals surface area contributed by atoms with E-state index >= 15 is 0 Å². The minimum Gasteiger partial charge on any atom is -0.353 e. The quantitative estimate of drug-likeness (QED) is 0.568. The second-order valence-corrected chi connectivity index (χ2v) is 1.83. The molecule has 9 heavy (non-hydrogen) atoms. The molecular formula is C7H15N2+. The van der Waals surface area contributed by atoms with Crippen LogP contribution >= 0.6 is 0 Å². The van der Waals surface area contributed by atoms with Gasteiger partial charge >= 0.3 is 0 Å². The number of nitrogens with zero attached hydrogens (tertiary/aromatic N) is 1. The van der Waals surface area contributed by atoms with E-state index in [1.807, 2.05) is 24.3 Å². The second kappa shape index (κ2) is 5.38. The number of hydrogen-bond donors (Lipinski definition) is 1. The Kier molecular flexibility index (Phi) is 4.92. The van der Waals surface area contributed by atoms with Crippen LogP contribution in [0.25, 0.3) is 0 Å². The van der Waals surface area contributed by atoms with Crippen molar-refractivity contribution in [2.24, 2.45) is 0 Å². The van der Waals surface area contributed by atoms with Crippen LogP contribution in [0, 0.1) is 0 Å². The van der Waals surface area contributed by atoms with E-state index in [4.69, 9.17) is 0 Å². The third kappa shape index (κ3) is 5.11. The van der Waals surface area contributed by atoms with Gasteiger partial charge in [-0.1, -0.05) is 6.58 Å². The molecule has 0 amide bonds. The van der Waals surface area contributed by atoms with Crippen LogP contribution in [-0.2, 0) is 0 Å². The first-order valence-corrected chi connectivity index (χ1v) is 3.15. The molecule has 0 spiro atoms. The van der Waals surface area contributed by atoms with E-state index in [1.54, 1.807) is 6.20 Å². The lowest BCUT2D eigenvalue weighted by atomic mass is 10.7. The summed E-state index contributed by atoms with van der Waals surface area (Å²) < 4.78 is 0. The van der Waals surface area contributed by atoms with Gasteiger partial charge in [0.1, 0.15) is 6.20 Å². The van der Waals surface area contributed by atoms with Gasteiger partial charge in [0.05, 0.1) is 12.7 Å². The lowest BCUT2D eigenvalue weighted by Crippen LogP contribution is -2.77. The Hall–Kier alpha value is -0.760. The van der Waals surface area contributed by atoms with Crippen LogP contribution in [0.15, 0.2) is 25.2 Å². The first-order chi connectivity index (χ1) is 4.31. The molecule has 2 N–H and O–H groups in total. The van der Waals surface area contributed by atoms with E-state index in [-0.39, 0.29) is 0 Å². The fourth-order valence-corrected chi connectivity index (χ4v) is 0.394. The van der Waals surface area contributed by atoms with Crippen molar-refractivity contribution in [1.82, 2.24) is 4.90 Å². The van der Waals surface area contributed by atoms with Gasteiger partial charge < -0.3 is 10.2 Å². The molecule has 0 atom stereocenters. The van der Waals surface area contributed by atoms with Crippen LogP contribution in [0.2, 0.25) is 0 Å². The molecule has 52 valence electrons. The highest BCUT2D eigenvalue weighted by Crippen LogP contribution is 1.77. The zero-order valence-electron chi connectivity index (χ0n) is 6.17. The summed E-state index contributed by atoms with van der Waals surface area (Å²) in [6.45, 7) is 6.79. The summed E-state index contributed by atoms with van der Waals surface area (Å²) >= 11 is 0. The number of nitrogens with two attached hydrogens (primary N) is 1. The summed E-state index contributed by atoms with van der Waals surface area (Å²) in [5.74, 6) is 0. The Morgan fingerprint density at radius 2 is 2.33 bits per heavy atom. The summed E-state index contributed by atoms with van der Waals surface area (Å²) in [6, 6.07) is 0. The van der Waals surface area contributed by atoms with Crippen molar-refractivity contribution in [1.29, 1.82) is 0 Å². The highest BCUT2D eigenvalue weighted by Gasteiger charge is 1.78. The smallest absolute Gasteiger partial charge is 0.109 e. The molecule has 0 unspecified atom stereocenters. The summed E-state index contributed by atoms with van der Waals surface area (Å²) in [5.41, 5.74) is 0. The lowest BCUT2D eigenvalue weighted by Gasteiger charge is -2.02. The van der Waals surface area contributed by atoms with Crippen LogP contribution in [0.1, 0.15) is 6.92 Å². The van der Waals surface area contributed by atoms with Gasteiger partial charge in [0.2, 0.25) is 0 Å². The van der Waals surface area contributed by atoms with Gasteiger partial charge in [0.25, 0.3) is 0 Å². The minimum absolute atomic E-state index is 1.08. The Morgan fingerprint density at radius 3 is 2.78 bits per heavy atom. The van der Waals surface area contributed by atoms with E-state index < -0.39 is 0 Å². The molecule has 0 heterocycles. The van der Waals surface area contributed by atoms with Crippen molar-refractivity contribution < 1.29 is 5.32 Å². The largest absolute Gasteiger partial charge is 0.353 e. The van der Waals surface area contributed by atoms with Gasteiger partial charge in [-0.05, 0) is 13.1 Å².